The van der Waals surface area contributed by atoms with Crippen LogP contribution in [-0.4, -0.2) is 18.9 Å². The zero-order valence-electron chi connectivity index (χ0n) is 15.1. The van der Waals surface area contributed by atoms with E-state index in [4.69, 9.17) is 4.74 Å². The fraction of sp³-hybridized carbons (Fsp3) is 0.368. The molecule has 1 aromatic carbocycles. The predicted molar refractivity (Wildman–Crippen MR) is 103 cm³/mol. The quantitative estimate of drug-likeness (QED) is 0.765. The lowest BCUT2D eigenvalue weighted by molar-refractivity contribution is -0.114. The summed E-state index contributed by atoms with van der Waals surface area (Å²) in [7, 11) is 1.53. The molecule has 5 nitrogen and oxygen atoms in total. The number of carbonyl (C=O) groups excluding carboxylic acids is 2. The van der Waals surface area contributed by atoms with Gasteiger partial charge in [0.2, 0.25) is 5.91 Å². The highest BCUT2D eigenvalue weighted by molar-refractivity contribution is 7.14. The Hall–Kier alpha value is -2.34. The van der Waals surface area contributed by atoms with Gasteiger partial charge in [0, 0.05) is 17.5 Å². The van der Waals surface area contributed by atoms with Gasteiger partial charge in [-0.1, -0.05) is 20.3 Å². The van der Waals surface area contributed by atoms with Crippen molar-refractivity contribution < 1.29 is 14.3 Å². The summed E-state index contributed by atoms with van der Waals surface area (Å²) in [6.45, 7) is 5.67. The average molecular weight is 360 g/mol. The number of hydrogen-bond acceptors (Lipinski definition) is 4. The number of benzene rings is 1. The van der Waals surface area contributed by atoms with Crippen molar-refractivity contribution >= 4 is 34.5 Å². The summed E-state index contributed by atoms with van der Waals surface area (Å²) in [6.07, 6.45) is 2.98. The van der Waals surface area contributed by atoms with Crippen LogP contribution < -0.4 is 15.4 Å². The number of thiophene rings is 1. The zero-order chi connectivity index (χ0) is 18.4. The second kappa shape index (κ2) is 8.67. The number of amides is 2. The van der Waals surface area contributed by atoms with Gasteiger partial charge >= 0.3 is 0 Å². The maximum absolute atomic E-state index is 12.6. The van der Waals surface area contributed by atoms with Crippen molar-refractivity contribution in [2.45, 2.75) is 40.0 Å². The normalized spacial score (nSPS) is 10.4. The first-order chi connectivity index (χ1) is 12.0. The van der Waals surface area contributed by atoms with Crippen LogP contribution in [0.2, 0.25) is 0 Å². The minimum Gasteiger partial charge on any atom is -0.495 e. The van der Waals surface area contributed by atoms with Crippen LogP contribution in [0.3, 0.4) is 0 Å². The Balaban J connectivity index is 2.21. The van der Waals surface area contributed by atoms with E-state index < -0.39 is 0 Å². The lowest BCUT2D eigenvalue weighted by Gasteiger charge is -2.11. The standard InChI is InChI=1S/C19H24N2O3S/c1-5-7-17-13(6-2)10-18(25-17)19(23)21-14-8-9-16(24-4)15(11-14)20-12(3)22/h8-11H,5-7H2,1-4H3,(H,20,22)(H,21,23). The number of anilines is 2. The second-order valence-electron chi connectivity index (χ2n) is 5.71. The molecule has 2 aromatic rings. The highest BCUT2D eigenvalue weighted by Gasteiger charge is 2.14. The van der Waals surface area contributed by atoms with E-state index in [1.54, 1.807) is 29.5 Å². The molecule has 0 aliphatic heterocycles. The van der Waals surface area contributed by atoms with E-state index in [2.05, 4.69) is 24.5 Å². The molecule has 134 valence electrons. The molecule has 2 N–H and O–H groups in total. The largest absolute Gasteiger partial charge is 0.495 e. The van der Waals surface area contributed by atoms with Gasteiger partial charge in [-0.2, -0.15) is 0 Å². The minimum absolute atomic E-state index is 0.138. The smallest absolute Gasteiger partial charge is 0.265 e. The Morgan fingerprint density at radius 2 is 1.92 bits per heavy atom. The van der Waals surface area contributed by atoms with Crippen molar-refractivity contribution in [3.8, 4) is 5.75 Å². The van der Waals surface area contributed by atoms with Gasteiger partial charge in [0.15, 0.2) is 0 Å². The first kappa shape index (κ1) is 19.0. The van der Waals surface area contributed by atoms with E-state index in [0.717, 1.165) is 19.3 Å². The van der Waals surface area contributed by atoms with E-state index >= 15 is 0 Å². The lowest BCUT2D eigenvalue weighted by atomic mass is 10.1. The number of rotatable bonds is 7. The molecule has 0 saturated carbocycles. The molecule has 0 bridgehead atoms. The van der Waals surface area contributed by atoms with Crippen LogP contribution in [-0.2, 0) is 17.6 Å². The maximum Gasteiger partial charge on any atom is 0.265 e. The summed E-state index contributed by atoms with van der Waals surface area (Å²) in [5.74, 6) is 0.209. The summed E-state index contributed by atoms with van der Waals surface area (Å²) in [6, 6.07) is 7.14. The van der Waals surface area contributed by atoms with Gasteiger partial charge in [-0.15, -0.1) is 11.3 Å². The van der Waals surface area contributed by atoms with Crippen molar-refractivity contribution in [2.24, 2.45) is 0 Å². The molecule has 1 heterocycles. The topological polar surface area (TPSA) is 67.4 Å². The fourth-order valence-electron chi connectivity index (χ4n) is 2.58. The molecule has 1 aromatic heterocycles. The molecule has 2 rings (SSSR count). The third kappa shape index (κ3) is 4.82. The van der Waals surface area contributed by atoms with Crippen LogP contribution in [0, 0.1) is 0 Å². The van der Waals surface area contributed by atoms with Crippen LogP contribution in [0.1, 0.15) is 47.3 Å². The summed E-state index contributed by atoms with van der Waals surface area (Å²) in [5, 5.41) is 5.60. The minimum atomic E-state index is -0.197. The molecule has 0 radical (unpaired) electrons. The molecule has 25 heavy (non-hydrogen) atoms. The van der Waals surface area contributed by atoms with Gasteiger partial charge in [0.25, 0.3) is 5.91 Å². The summed E-state index contributed by atoms with van der Waals surface area (Å²) < 4.78 is 5.23. The summed E-state index contributed by atoms with van der Waals surface area (Å²) >= 11 is 1.55. The molecular weight excluding hydrogens is 336 g/mol. The monoisotopic (exact) mass is 360 g/mol. The first-order valence-corrected chi connectivity index (χ1v) is 9.18. The van der Waals surface area contributed by atoms with Crippen molar-refractivity contribution in [3.05, 3.63) is 39.6 Å². The van der Waals surface area contributed by atoms with E-state index in [-0.39, 0.29) is 11.8 Å². The Morgan fingerprint density at radius 1 is 1.16 bits per heavy atom. The van der Waals surface area contributed by atoms with Gasteiger partial charge in [-0.3, -0.25) is 9.59 Å². The van der Waals surface area contributed by atoms with Crippen molar-refractivity contribution in [1.29, 1.82) is 0 Å². The first-order valence-electron chi connectivity index (χ1n) is 8.37. The van der Waals surface area contributed by atoms with Gasteiger partial charge in [-0.25, -0.2) is 0 Å². The van der Waals surface area contributed by atoms with Crippen LogP contribution in [0.25, 0.3) is 0 Å². The second-order valence-corrected chi connectivity index (χ2v) is 6.85. The van der Waals surface area contributed by atoms with E-state index in [9.17, 15) is 9.59 Å². The number of ether oxygens (including phenoxy) is 1. The molecule has 0 atom stereocenters. The van der Waals surface area contributed by atoms with Crippen LogP contribution in [0.15, 0.2) is 24.3 Å². The number of aryl methyl sites for hydroxylation is 2. The van der Waals surface area contributed by atoms with Crippen LogP contribution >= 0.6 is 11.3 Å². The number of carbonyl (C=O) groups is 2. The van der Waals surface area contributed by atoms with Crippen LogP contribution in [0.5, 0.6) is 5.75 Å². The molecule has 0 spiro atoms. The predicted octanol–water partition coefficient (Wildman–Crippen LogP) is 4.48. The van der Waals surface area contributed by atoms with Crippen molar-refractivity contribution in [2.75, 3.05) is 17.7 Å². The van der Waals surface area contributed by atoms with Crippen LogP contribution in [0.4, 0.5) is 11.4 Å². The average Bonchev–Trinajstić information content (AvgIpc) is 2.98. The van der Waals surface area contributed by atoms with Gasteiger partial charge in [0.05, 0.1) is 17.7 Å². The van der Waals surface area contributed by atoms with Crippen molar-refractivity contribution in [1.82, 2.24) is 0 Å². The molecule has 0 aliphatic carbocycles. The highest BCUT2D eigenvalue weighted by Crippen LogP contribution is 2.29. The SMILES string of the molecule is CCCc1sc(C(=O)Nc2ccc(OC)c(NC(C)=O)c2)cc1CC. The third-order valence-electron chi connectivity index (χ3n) is 3.75. The Labute approximate surface area is 152 Å². The Kier molecular flexibility index (Phi) is 6.58. The Bertz CT molecular complexity index is 768. The Morgan fingerprint density at radius 3 is 2.52 bits per heavy atom. The number of methoxy groups -OCH3 is 1. The maximum atomic E-state index is 12.6. The van der Waals surface area contributed by atoms with E-state index in [1.807, 2.05) is 6.07 Å². The van der Waals surface area contributed by atoms with Gasteiger partial charge in [-0.05, 0) is 42.7 Å². The molecule has 0 saturated heterocycles. The molecular formula is C19H24N2O3S. The highest BCUT2D eigenvalue weighted by atomic mass is 32.1. The molecule has 6 heteroatoms. The molecule has 0 fully saturated rings. The van der Waals surface area contributed by atoms with Gasteiger partial charge < -0.3 is 15.4 Å². The van der Waals surface area contributed by atoms with E-state index in [0.29, 0.717) is 22.0 Å². The number of hydrogen-bond donors (Lipinski definition) is 2. The zero-order valence-corrected chi connectivity index (χ0v) is 15.9. The van der Waals surface area contributed by atoms with Gasteiger partial charge in [0.1, 0.15) is 5.75 Å². The third-order valence-corrected chi connectivity index (χ3v) is 4.98. The van der Waals surface area contributed by atoms with Crippen molar-refractivity contribution in [3.63, 3.8) is 0 Å². The fourth-order valence-corrected chi connectivity index (χ4v) is 3.83. The molecule has 0 unspecified atom stereocenters. The summed E-state index contributed by atoms with van der Waals surface area (Å²) in [4.78, 5) is 25.9. The molecule has 0 aliphatic rings. The summed E-state index contributed by atoms with van der Waals surface area (Å²) in [5.41, 5.74) is 2.38. The lowest BCUT2D eigenvalue weighted by Crippen LogP contribution is -2.12. The van der Waals surface area contributed by atoms with E-state index in [1.165, 1.54) is 24.5 Å². The molecule has 2 amide bonds. The number of nitrogens with one attached hydrogen (secondary N) is 2.